The van der Waals surface area contributed by atoms with Crippen molar-refractivity contribution in [2.24, 2.45) is 0 Å². The molecular formula is C13H15Cl2NO. The van der Waals surface area contributed by atoms with Gasteiger partial charge in [-0.1, -0.05) is 23.2 Å². The molecular weight excluding hydrogens is 257 g/mol. The van der Waals surface area contributed by atoms with Gasteiger partial charge < -0.3 is 4.90 Å². The average molecular weight is 272 g/mol. The van der Waals surface area contributed by atoms with Crippen molar-refractivity contribution in [3.63, 3.8) is 0 Å². The van der Waals surface area contributed by atoms with Crippen molar-refractivity contribution in [1.82, 2.24) is 4.90 Å². The summed E-state index contributed by atoms with van der Waals surface area (Å²) >= 11 is 11.7. The Morgan fingerprint density at radius 1 is 1.18 bits per heavy atom. The molecule has 0 unspecified atom stereocenters. The van der Waals surface area contributed by atoms with E-state index in [1.54, 1.807) is 18.2 Å². The highest BCUT2D eigenvalue weighted by atomic mass is 35.5. The third-order valence-corrected chi connectivity index (χ3v) is 3.83. The van der Waals surface area contributed by atoms with Gasteiger partial charge in [-0.2, -0.15) is 0 Å². The number of rotatable bonds is 4. The fourth-order valence-electron chi connectivity index (χ4n) is 2.08. The maximum absolute atomic E-state index is 11.9. The zero-order valence-corrected chi connectivity index (χ0v) is 11.1. The van der Waals surface area contributed by atoms with Crippen molar-refractivity contribution in [2.75, 3.05) is 19.6 Å². The smallest absolute Gasteiger partial charge is 0.164 e. The van der Waals surface area contributed by atoms with E-state index in [2.05, 4.69) is 4.90 Å². The normalized spacial score (nSPS) is 16.4. The van der Waals surface area contributed by atoms with Crippen LogP contribution in [0, 0.1) is 0 Å². The van der Waals surface area contributed by atoms with Crippen LogP contribution in [0.5, 0.6) is 0 Å². The van der Waals surface area contributed by atoms with E-state index in [0.717, 1.165) is 19.6 Å². The van der Waals surface area contributed by atoms with Crippen LogP contribution in [0.3, 0.4) is 0 Å². The Morgan fingerprint density at radius 2 is 1.88 bits per heavy atom. The average Bonchev–Trinajstić information content (AvgIpc) is 2.82. The van der Waals surface area contributed by atoms with Crippen molar-refractivity contribution < 1.29 is 4.79 Å². The van der Waals surface area contributed by atoms with Crippen LogP contribution in [0.4, 0.5) is 0 Å². The molecule has 1 heterocycles. The quantitative estimate of drug-likeness (QED) is 0.779. The number of hydrogen-bond donors (Lipinski definition) is 0. The lowest BCUT2D eigenvalue weighted by atomic mass is 10.1. The number of carbonyl (C=O) groups is 1. The van der Waals surface area contributed by atoms with Crippen LogP contribution in [-0.4, -0.2) is 30.3 Å². The summed E-state index contributed by atoms with van der Waals surface area (Å²) in [6, 6.07) is 5.06. The Hall–Kier alpha value is -0.570. The van der Waals surface area contributed by atoms with E-state index in [4.69, 9.17) is 23.2 Å². The molecule has 0 aromatic heterocycles. The van der Waals surface area contributed by atoms with E-state index in [1.807, 2.05) is 0 Å². The number of carbonyl (C=O) groups excluding carboxylic acids is 1. The highest BCUT2D eigenvalue weighted by molar-refractivity contribution is 6.42. The molecule has 0 atom stereocenters. The summed E-state index contributed by atoms with van der Waals surface area (Å²) in [5, 5.41) is 0.932. The summed E-state index contributed by atoms with van der Waals surface area (Å²) in [6.07, 6.45) is 3.06. The Balaban J connectivity index is 1.92. The standard InChI is InChI=1S/C13H15Cl2NO/c14-11-4-3-10(9-12(11)15)13(17)5-8-16-6-1-2-7-16/h3-4,9H,1-2,5-8H2. The molecule has 0 spiro atoms. The molecule has 0 bridgehead atoms. The molecule has 1 aliphatic rings. The summed E-state index contributed by atoms with van der Waals surface area (Å²) in [6.45, 7) is 3.09. The first-order chi connectivity index (χ1) is 8.16. The zero-order chi connectivity index (χ0) is 12.3. The Morgan fingerprint density at radius 3 is 2.53 bits per heavy atom. The molecule has 1 saturated heterocycles. The van der Waals surface area contributed by atoms with Crippen LogP contribution >= 0.6 is 23.2 Å². The first-order valence-corrected chi connectivity index (χ1v) is 6.63. The molecule has 17 heavy (non-hydrogen) atoms. The lowest BCUT2D eigenvalue weighted by Crippen LogP contribution is -2.22. The number of nitrogens with zero attached hydrogens (tertiary/aromatic N) is 1. The highest BCUT2D eigenvalue weighted by Crippen LogP contribution is 2.23. The molecule has 0 saturated carbocycles. The summed E-state index contributed by atoms with van der Waals surface area (Å²) in [5.41, 5.74) is 0.651. The maximum atomic E-state index is 11.9. The topological polar surface area (TPSA) is 20.3 Å². The van der Waals surface area contributed by atoms with E-state index in [9.17, 15) is 4.79 Å². The number of halogens is 2. The van der Waals surface area contributed by atoms with E-state index in [1.165, 1.54) is 12.8 Å². The monoisotopic (exact) mass is 271 g/mol. The van der Waals surface area contributed by atoms with E-state index in [-0.39, 0.29) is 5.78 Å². The fraction of sp³-hybridized carbons (Fsp3) is 0.462. The Labute approximate surface area is 112 Å². The van der Waals surface area contributed by atoms with Crippen molar-refractivity contribution in [2.45, 2.75) is 19.3 Å². The van der Waals surface area contributed by atoms with Gasteiger partial charge >= 0.3 is 0 Å². The number of benzene rings is 1. The summed E-state index contributed by atoms with van der Waals surface area (Å²) in [5.74, 6) is 0.135. The minimum Gasteiger partial charge on any atom is -0.303 e. The maximum Gasteiger partial charge on any atom is 0.164 e. The fourth-order valence-corrected chi connectivity index (χ4v) is 2.38. The van der Waals surface area contributed by atoms with Crippen LogP contribution in [0.15, 0.2) is 18.2 Å². The summed E-state index contributed by atoms with van der Waals surface area (Å²) in [4.78, 5) is 14.3. The zero-order valence-electron chi connectivity index (χ0n) is 9.59. The minimum absolute atomic E-state index is 0.135. The first-order valence-electron chi connectivity index (χ1n) is 5.87. The number of likely N-dealkylation sites (tertiary alicyclic amines) is 1. The third kappa shape index (κ3) is 3.44. The Bertz CT molecular complexity index is 414. The third-order valence-electron chi connectivity index (χ3n) is 3.10. The molecule has 4 heteroatoms. The van der Waals surface area contributed by atoms with Crippen LogP contribution < -0.4 is 0 Å². The first kappa shape index (κ1) is 12.9. The molecule has 92 valence electrons. The van der Waals surface area contributed by atoms with Crippen LogP contribution in [0.25, 0.3) is 0 Å². The van der Waals surface area contributed by atoms with E-state index >= 15 is 0 Å². The van der Waals surface area contributed by atoms with Crippen molar-refractivity contribution >= 4 is 29.0 Å². The van der Waals surface area contributed by atoms with Gasteiger partial charge in [0.05, 0.1) is 10.0 Å². The molecule has 1 fully saturated rings. The SMILES string of the molecule is O=C(CCN1CCCC1)c1ccc(Cl)c(Cl)c1. The molecule has 0 aliphatic carbocycles. The van der Waals surface area contributed by atoms with Gasteiger partial charge in [-0.05, 0) is 44.1 Å². The van der Waals surface area contributed by atoms with Gasteiger partial charge in [-0.15, -0.1) is 0 Å². The van der Waals surface area contributed by atoms with Crippen molar-refractivity contribution in [1.29, 1.82) is 0 Å². The molecule has 2 nitrogen and oxygen atoms in total. The number of ketones is 1. The van der Waals surface area contributed by atoms with Crippen LogP contribution in [0.2, 0.25) is 10.0 Å². The van der Waals surface area contributed by atoms with Crippen LogP contribution in [-0.2, 0) is 0 Å². The second-order valence-electron chi connectivity index (χ2n) is 4.35. The van der Waals surface area contributed by atoms with Gasteiger partial charge in [-0.3, -0.25) is 4.79 Å². The summed E-state index contributed by atoms with van der Waals surface area (Å²) < 4.78 is 0. The largest absolute Gasteiger partial charge is 0.303 e. The second kappa shape index (κ2) is 5.85. The van der Waals surface area contributed by atoms with E-state index in [0.29, 0.717) is 22.0 Å². The van der Waals surface area contributed by atoms with Gasteiger partial charge in [0, 0.05) is 18.5 Å². The minimum atomic E-state index is 0.135. The van der Waals surface area contributed by atoms with Crippen LogP contribution in [0.1, 0.15) is 29.6 Å². The lowest BCUT2D eigenvalue weighted by molar-refractivity contribution is 0.0969. The van der Waals surface area contributed by atoms with Gasteiger partial charge in [0.25, 0.3) is 0 Å². The van der Waals surface area contributed by atoms with Gasteiger partial charge in [0.2, 0.25) is 0 Å². The van der Waals surface area contributed by atoms with Gasteiger partial charge in [0.1, 0.15) is 0 Å². The molecule has 2 rings (SSSR count). The molecule has 1 aliphatic heterocycles. The second-order valence-corrected chi connectivity index (χ2v) is 5.17. The van der Waals surface area contributed by atoms with Gasteiger partial charge in [-0.25, -0.2) is 0 Å². The number of Topliss-reactive ketones (excluding diaryl/α,β-unsaturated/α-hetero) is 1. The molecule has 1 aromatic carbocycles. The predicted molar refractivity (Wildman–Crippen MR) is 71.1 cm³/mol. The molecule has 0 radical (unpaired) electrons. The molecule has 0 N–H and O–H groups in total. The Kier molecular flexibility index (Phi) is 4.43. The predicted octanol–water partition coefficient (Wildman–Crippen LogP) is 3.66. The number of hydrogen-bond acceptors (Lipinski definition) is 2. The van der Waals surface area contributed by atoms with Gasteiger partial charge in [0.15, 0.2) is 5.78 Å². The molecule has 0 amide bonds. The van der Waals surface area contributed by atoms with Crippen molar-refractivity contribution in [3.05, 3.63) is 33.8 Å². The molecule has 1 aromatic rings. The van der Waals surface area contributed by atoms with Crippen molar-refractivity contribution in [3.8, 4) is 0 Å². The lowest BCUT2D eigenvalue weighted by Gasteiger charge is -2.13. The highest BCUT2D eigenvalue weighted by Gasteiger charge is 2.14. The van der Waals surface area contributed by atoms with E-state index < -0.39 is 0 Å². The summed E-state index contributed by atoms with van der Waals surface area (Å²) in [7, 11) is 0.